The number of amides is 3. The Balaban J connectivity index is 1.42. The third kappa shape index (κ3) is 3.72. The van der Waals surface area contributed by atoms with Gasteiger partial charge in [0.05, 0.1) is 18.8 Å². The van der Waals surface area contributed by atoms with E-state index in [0.717, 1.165) is 44.8 Å². The van der Waals surface area contributed by atoms with Gasteiger partial charge in [0.15, 0.2) is 0 Å². The fraction of sp³-hybridized carbons (Fsp3) is 0.647. The molecule has 3 heterocycles. The highest BCUT2D eigenvalue weighted by atomic mass is 16.3. The van der Waals surface area contributed by atoms with Gasteiger partial charge >= 0.3 is 6.03 Å². The Labute approximate surface area is 142 Å². The van der Waals surface area contributed by atoms with Crippen molar-refractivity contribution in [2.24, 2.45) is 0 Å². The zero-order chi connectivity index (χ0) is 17.1. The second-order valence-corrected chi connectivity index (χ2v) is 6.71. The molecule has 1 aromatic heterocycles. The van der Waals surface area contributed by atoms with Crippen molar-refractivity contribution < 1.29 is 14.0 Å². The van der Waals surface area contributed by atoms with Crippen LogP contribution in [0.1, 0.15) is 31.6 Å². The van der Waals surface area contributed by atoms with Crippen LogP contribution in [-0.2, 0) is 4.79 Å². The number of carbonyl (C=O) groups excluding carboxylic acids is 2. The molecule has 1 N–H and O–H groups in total. The number of rotatable bonds is 5. The molecular formula is C17H26N4O3. The molecule has 24 heavy (non-hydrogen) atoms. The van der Waals surface area contributed by atoms with E-state index in [2.05, 4.69) is 10.2 Å². The highest BCUT2D eigenvalue weighted by Crippen LogP contribution is 2.20. The molecule has 0 saturated carbocycles. The lowest BCUT2D eigenvalue weighted by molar-refractivity contribution is -0.123. The molecular weight excluding hydrogens is 308 g/mol. The number of likely N-dealkylation sites (N-methyl/N-ethyl adjacent to an activating group) is 1. The number of piperidine rings is 1. The van der Waals surface area contributed by atoms with E-state index in [1.165, 1.54) is 0 Å². The van der Waals surface area contributed by atoms with Crippen LogP contribution in [0.15, 0.2) is 22.8 Å². The third-order valence-electron chi connectivity index (χ3n) is 4.96. The maximum absolute atomic E-state index is 12.2. The van der Waals surface area contributed by atoms with Gasteiger partial charge in [0.2, 0.25) is 5.91 Å². The molecule has 3 amide bonds. The van der Waals surface area contributed by atoms with Crippen LogP contribution >= 0.6 is 0 Å². The van der Waals surface area contributed by atoms with Gasteiger partial charge in [-0.3, -0.25) is 9.69 Å². The van der Waals surface area contributed by atoms with Crippen LogP contribution in [-0.4, -0.2) is 72.5 Å². The third-order valence-corrected chi connectivity index (χ3v) is 4.96. The molecule has 0 unspecified atom stereocenters. The molecule has 2 aliphatic heterocycles. The lowest BCUT2D eigenvalue weighted by Gasteiger charge is -2.36. The van der Waals surface area contributed by atoms with Gasteiger partial charge in [-0.2, -0.15) is 0 Å². The monoisotopic (exact) mass is 334 g/mol. The van der Waals surface area contributed by atoms with E-state index in [-0.39, 0.29) is 18.0 Å². The summed E-state index contributed by atoms with van der Waals surface area (Å²) in [5, 5.41) is 2.96. The average Bonchev–Trinajstić information content (AvgIpc) is 3.20. The molecule has 1 atom stereocenters. The molecule has 0 spiro atoms. The molecule has 0 aromatic carbocycles. The normalized spacial score (nSPS) is 21.3. The predicted octanol–water partition coefficient (Wildman–Crippen LogP) is 1.29. The number of hydrogen-bond donors (Lipinski definition) is 1. The molecule has 0 aliphatic carbocycles. The Hall–Kier alpha value is -2.02. The van der Waals surface area contributed by atoms with Crippen LogP contribution in [0.5, 0.6) is 0 Å². The van der Waals surface area contributed by atoms with Crippen molar-refractivity contribution in [1.82, 2.24) is 20.0 Å². The van der Waals surface area contributed by atoms with E-state index in [1.54, 1.807) is 11.2 Å². The first kappa shape index (κ1) is 16.8. The van der Waals surface area contributed by atoms with Gasteiger partial charge in [-0.25, -0.2) is 4.79 Å². The number of likely N-dealkylation sites (tertiary alicyclic amines) is 1. The number of nitrogens with one attached hydrogen (secondary N) is 1. The smallest absolute Gasteiger partial charge is 0.320 e. The van der Waals surface area contributed by atoms with Crippen molar-refractivity contribution in [2.75, 3.05) is 39.8 Å². The van der Waals surface area contributed by atoms with E-state index in [0.29, 0.717) is 12.6 Å². The number of nitrogens with zero attached hydrogens (tertiary/aromatic N) is 3. The summed E-state index contributed by atoms with van der Waals surface area (Å²) in [6, 6.07) is 4.01. The van der Waals surface area contributed by atoms with Crippen molar-refractivity contribution >= 4 is 11.9 Å². The zero-order valence-corrected chi connectivity index (χ0v) is 14.4. The van der Waals surface area contributed by atoms with E-state index in [9.17, 15) is 9.59 Å². The van der Waals surface area contributed by atoms with Crippen LogP contribution < -0.4 is 5.32 Å². The van der Waals surface area contributed by atoms with E-state index >= 15 is 0 Å². The number of hydrogen-bond acceptors (Lipinski definition) is 4. The first-order chi connectivity index (χ1) is 11.5. The molecule has 7 nitrogen and oxygen atoms in total. The molecule has 2 aliphatic rings. The molecule has 7 heteroatoms. The Bertz CT molecular complexity index is 566. The Morgan fingerprint density at radius 3 is 2.67 bits per heavy atom. The summed E-state index contributed by atoms with van der Waals surface area (Å²) in [6.45, 7) is 5.64. The van der Waals surface area contributed by atoms with Gasteiger partial charge in [-0.15, -0.1) is 0 Å². The minimum Gasteiger partial charge on any atom is -0.467 e. The summed E-state index contributed by atoms with van der Waals surface area (Å²) in [7, 11) is 1.85. The summed E-state index contributed by atoms with van der Waals surface area (Å²) < 4.78 is 5.31. The van der Waals surface area contributed by atoms with Gasteiger partial charge < -0.3 is 19.5 Å². The molecule has 0 radical (unpaired) electrons. The van der Waals surface area contributed by atoms with Gasteiger partial charge in [-0.1, -0.05) is 0 Å². The first-order valence-corrected chi connectivity index (χ1v) is 8.61. The van der Waals surface area contributed by atoms with Crippen LogP contribution in [0, 0.1) is 0 Å². The molecule has 2 fully saturated rings. The molecule has 1 aromatic rings. The van der Waals surface area contributed by atoms with Gasteiger partial charge in [0, 0.05) is 39.3 Å². The Morgan fingerprint density at radius 2 is 2.08 bits per heavy atom. The van der Waals surface area contributed by atoms with E-state index < -0.39 is 0 Å². The largest absolute Gasteiger partial charge is 0.467 e. The molecule has 0 bridgehead atoms. The van der Waals surface area contributed by atoms with Crippen molar-refractivity contribution in [3.05, 3.63) is 24.2 Å². The number of urea groups is 1. The fourth-order valence-electron chi connectivity index (χ4n) is 3.50. The van der Waals surface area contributed by atoms with E-state index in [1.807, 2.05) is 31.0 Å². The minimum atomic E-state index is -0.122. The summed E-state index contributed by atoms with van der Waals surface area (Å²) in [5.74, 6) is 0.771. The van der Waals surface area contributed by atoms with E-state index in [4.69, 9.17) is 4.42 Å². The highest BCUT2D eigenvalue weighted by Gasteiger charge is 2.33. The van der Waals surface area contributed by atoms with Crippen molar-refractivity contribution in [2.45, 2.75) is 31.8 Å². The Morgan fingerprint density at radius 1 is 1.33 bits per heavy atom. The zero-order valence-electron chi connectivity index (χ0n) is 14.4. The summed E-state index contributed by atoms with van der Waals surface area (Å²) in [6.07, 6.45) is 3.47. The first-order valence-electron chi connectivity index (χ1n) is 8.61. The molecule has 3 rings (SSSR count). The lowest BCUT2D eigenvalue weighted by Crippen LogP contribution is -2.48. The highest BCUT2D eigenvalue weighted by molar-refractivity contribution is 5.78. The number of furan rings is 1. The summed E-state index contributed by atoms with van der Waals surface area (Å²) >= 11 is 0. The molecule has 132 valence electrons. The van der Waals surface area contributed by atoms with Crippen LogP contribution in [0.2, 0.25) is 0 Å². The predicted molar refractivity (Wildman–Crippen MR) is 89.5 cm³/mol. The number of carbonyl (C=O) groups is 2. The van der Waals surface area contributed by atoms with Crippen molar-refractivity contribution in [3.63, 3.8) is 0 Å². The van der Waals surface area contributed by atoms with Gasteiger partial charge in [-0.05, 0) is 31.9 Å². The SMILES string of the molecule is C[C@H](NC(=O)CN1CCC(N2CCN(C)C2=O)CC1)c1ccco1. The maximum atomic E-state index is 12.2. The summed E-state index contributed by atoms with van der Waals surface area (Å²) in [4.78, 5) is 30.2. The van der Waals surface area contributed by atoms with Crippen molar-refractivity contribution in [1.29, 1.82) is 0 Å². The van der Waals surface area contributed by atoms with Crippen molar-refractivity contribution in [3.8, 4) is 0 Å². The lowest BCUT2D eigenvalue weighted by atomic mass is 10.0. The van der Waals surface area contributed by atoms with Crippen LogP contribution in [0.3, 0.4) is 0 Å². The molecule has 2 saturated heterocycles. The average molecular weight is 334 g/mol. The Kier molecular flexibility index (Phi) is 5.08. The minimum absolute atomic E-state index is 0.00864. The maximum Gasteiger partial charge on any atom is 0.320 e. The second-order valence-electron chi connectivity index (χ2n) is 6.71. The summed E-state index contributed by atoms with van der Waals surface area (Å²) in [5.41, 5.74) is 0. The fourth-order valence-corrected chi connectivity index (χ4v) is 3.50. The second kappa shape index (κ2) is 7.25. The standard InChI is InChI=1S/C17H26N4O3/c1-13(15-4-3-11-24-15)18-16(22)12-20-7-5-14(6-8-20)21-10-9-19(2)17(21)23/h3-4,11,13-14H,5-10,12H2,1-2H3,(H,18,22)/t13-/m0/s1. The van der Waals surface area contributed by atoms with Gasteiger partial charge in [0.1, 0.15) is 5.76 Å². The van der Waals surface area contributed by atoms with Crippen LogP contribution in [0.4, 0.5) is 4.79 Å². The van der Waals surface area contributed by atoms with Gasteiger partial charge in [0.25, 0.3) is 0 Å². The quantitative estimate of drug-likeness (QED) is 0.881. The van der Waals surface area contributed by atoms with Crippen LogP contribution in [0.25, 0.3) is 0 Å². The topological polar surface area (TPSA) is 69.0 Å².